The van der Waals surface area contributed by atoms with Gasteiger partial charge in [0, 0.05) is 5.92 Å². The summed E-state index contributed by atoms with van der Waals surface area (Å²) in [7, 11) is 0. The van der Waals surface area contributed by atoms with Crippen LogP contribution in [0.25, 0.3) is 0 Å². The zero-order chi connectivity index (χ0) is 21.6. The summed E-state index contributed by atoms with van der Waals surface area (Å²) in [6.07, 6.45) is 3.26. The minimum absolute atomic E-state index is 0.0264. The Hall–Kier alpha value is -2.60. The highest BCUT2D eigenvalue weighted by atomic mass is 32.2. The van der Waals surface area contributed by atoms with Crippen molar-refractivity contribution in [1.29, 1.82) is 0 Å². The van der Waals surface area contributed by atoms with Crippen LogP contribution in [0.15, 0.2) is 65.8 Å². The van der Waals surface area contributed by atoms with E-state index >= 15 is 0 Å². The molecule has 5 nitrogen and oxygen atoms in total. The normalized spacial score (nSPS) is 14.5. The van der Waals surface area contributed by atoms with E-state index in [1.54, 1.807) is 0 Å². The topological polar surface area (TPSA) is 59.8 Å². The van der Waals surface area contributed by atoms with E-state index in [4.69, 9.17) is 0 Å². The fraction of sp³-hybridized carbons (Fsp3) is 0.400. The third kappa shape index (κ3) is 5.97. The molecule has 6 heteroatoms. The summed E-state index contributed by atoms with van der Waals surface area (Å²) in [5.74, 6) is 2.41. The van der Waals surface area contributed by atoms with Gasteiger partial charge in [0.25, 0.3) is 0 Å². The molecule has 1 atom stereocenters. The number of carbonyl (C=O) groups is 1. The second kappa shape index (κ2) is 10.1. The molecule has 1 aromatic heterocycles. The van der Waals surface area contributed by atoms with Crippen molar-refractivity contribution in [2.45, 2.75) is 56.8 Å². The average molecular weight is 435 g/mol. The Morgan fingerprint density at radius 2 is 1.74 bits per heavy atom. The lowest BCUT2D eigenvalue weighted by Crippen LogP contribution is -2.31. The van der Waals surface area contributed by atoms with Crippen LogP contribution in [0.1, 0.15) is 62.0 Å². The molecule has 1 saturated carbocycles. The first-order chi connectivity index (χ1) is 15.1. The van der Waals surface area contributed by atoms with Crippen LogP contribution in [-0.4, -0.2) is 26.4 Å². The van der Waals surface area contributed by atoms with Gasteiger partial charge in [0.05, 0.1) is 18.3 Å². The number of aromatic nitrogens is 3. The number of amides is 1. The SMILES string of the molecule is CC(C)CC(NC(=O)CSc1nnc(C2CC2)n1Cc1ccccc1)c1ccccc1. The van der Waals surface area contributed by atoms with Crippen molar-refractivity contribution < 1.29 is 4.79 Å². The summed E-state index contributed by atoms with van der Waals surface area (Å²) >= 11 is 1.47. The second-order valence-corrected chi connectivity index (χ2v) is 9.58. The van der Waals surface area contributed by atoms with Crippen LogP contribution < -0.4 is 5.32 Å². The number of carbonyl (C=O) groups excluding carboxylic acids is 1. The fourth-order valence-corrected chi connectivity index (χ4v) is 4.52. The summed E-state index contributed by atoms with van der Waals surface area (Å²) in [4.78, 5) is 12.8. The Kier molecular flexibility index (Phi) is 7.07. The minimum Gasteiger partial charge on any atom is -0.349 e. The Morgan fingerprint density at radius 3 is 2.39 bits per heavy atom. The number of hydrogen-bond acceptors (Lipinski definition) is 4. The van der Waals surface area contributed by atoms with E-state index in [0.717, 1.165) is 29.5 Å². The van der Waals surface area contributed by atoms with Crippen molar-refractivity contribution in [1.82, 2.24) is 20.1 Å². The summed E-state index contributed by atoms with van der Waals surface area (Å²) in [5, 5.41) is 12.9. The number of benzene rings is 2. The van der Waals surface area contributed by atoms with E-state index in [9.17, 15) is 4.79 Å². The molecule has 1 fully saturated rings. The molecule has 0 spiro atoms. The van der Waals surface area contributed by atoms with Gasteiger partial charge in [0.15, 0.2) is 5.16 Å². The molecule has 162 valence electrons. The van der Waals surface area contributed by atoms with E-state index in [0.29, 0.717) is 17.6 Å². The van der Waals surface area contributed by atoms with E-state index in [2.05, 4.69) is 70.3 Å². The van der Waals surface area contributed by atoms with Gasteiger partial charge in [-0.1, -0.05) is 86.3 Å². The lowest BCUT2D eigenvalue weighted by molar-refractivity contribution is -0.119. The van der Waals surface area contributed by atoms with Gasteiger partial charge in [-0.05, 0) is 36.3 Å². The van der Waals surface area contributed by atoms with Crippen LogP contribution in [-0.2, 0) is 11.3 Å². The van der Waals surface area contributed by atoms with Gasteiger partial charge < -0.3 is 9.88 Å². The number of nitrogens with zero attached hydrogens (tertiary/aromatic N) is 3. The summed E-state index contributed by atoms with van der Waals surface area (Å²) < 4.78 is 2.19. The first kappa shape index (κ1) is 21.6. The average Bonchev–Trinajstić information content (AvgIpc) is 3.54. The van der Waals surface area contributed by atoms with Crippen molar-refractivity contribution in [3.63, 3.8) is 0 Å². The molecule has 1 N–H and O–H groups in total. The van der Waals surface area contributed by atoms with Gasteiger partial charge in [0.1, 0.15) is 5.82 Å². The lowest BCUT2D eigenvalue weighted by Gasteiger charge is -2.21. The molecule has 1 aliphatic rings. The van der Waals surface area contributed by atoms with Gasteiger partial charge in [-0.3, -0.25) is 4.79 Å². The molecule has 0 aliphatic heterocycles. The number of nitrogens with one attached hydrogen (secondary N) is 1. The summed E-state index contributed by atoms with van der Waals surface area (Å²) in [6.45, 7) is 5.11. The zero-order valence-corrected chi connectivity index (χ0v) is 19.0. The molecule has 0 saturated heterocycles. The van der Waals surface area contributed by atoms with Gasteiger partial charge in [0.2, 0.25) is 5.91 Å². The maximum Gasteiger partial charge on any atom is 0.230 e. The quantitative estimate of drug-likeness (QED) is 0.446. The summed E-state index contributed by atoms with van der Waals surface area (Å²) in [5.41, 5.74) is 2.37. The smallest absolute Gasteiger partial charge is 0.230 e. The molecule has 3 aromatic rings. The Morgan fingerprint density at radius 1 is 1.06 bits per heavy atom. The zero-order valence-electron chi connectivity index (χ0n) is 18.2. The molecular formula is C25H30N4OS. The molecule has 1 heterocycles. The summed E-state index contributed by atoms with van der Waals surface area (Å²) in [6, 6.07) is 20.6. The van der Waals surface area contributed by atoms with Crippen molar-refractivity contribution in [3.8, 4) is 0 Å². The number of hydrogen-bond donors (Lipinski definition) is 1. The van der Waals surface area contributed by atoms with Crippen molar-refractivity contribution in [2.24, 2.45) is 5.92 Å². The highest BCUT2D eigenvalue weighted by Gasteiger charge is 2.30. The van der Waals surface area contributed by atoms with E-state index < -0.39 is 0 Å². The third-order valence-electron chi connectivity index (χ3n) is 5.45. The van der Waals surface area contributed by atoms with Crippen molar-refractivity contribution in [3.05, 3.63) is 77.6 Å². The minimum atomic E-state index is 0.0264. The highest BCUT2D eigenvalue weighted by molar-refractivity contribution is 7.99. The van der Waals surface area contributed by atoms with Gasteiger partial charge in [-0.15, -0.1) is 10.2 Å². The predicted octanol–water partition coefficient (Wildman–Crippen LogP) is 5.20. The molecule has 31 heavy (non-hydrogen) atoms. The fourth-order valence-electron chi connectivity index (χ4n) is 3.77. The molecule has 2 aromatic carbocycles. The Labute approximate surface area is 188 Å². The predicted molar refractivity (Wildman–Crippen MR) is 125 cm³/mol. The molecule has 0 bridgehead atoms. The largest absolute Gasteiger partial charge is 0.349 e. The molecule has 1 amide bonds. The lowest BCUT2D eigenvalue weighted by atomic mass is 9.97. The first-order valence-electron chi connectivity index (χ1n) is 11.0. The molecular weight excluding hydrogens is 404 g/mol. The van der Waals surface area contributed by atoms with E-state index in [1.165, 1.54) is 30.2 Å². The Bertz CT molecular complexity index is 983. The molecule has 0 radical (unpaired) electrons. The third-order valence-corrected chi connectivity index (χ3v) is 6.41. The van der Waals surface area contributed by atoms with Gasteiger partial charge in [-0.25, -0.2) is 0 Å². The maximum absolute atomic E-state index is 12.8. The van der Waals surface area contributed by atoms with Gasteiger partial charge in [-0.2, -0.15) is 0 Å². The highest BCUT2D eigenvalue weighted by Crippen LogP contribution is 2.40. The molecule has 1 aliphatic carbocycles. The van der Waals surface area contributed by atoms with E-state index in [1.807, 2.05) is 24.3 Å². The van der Waals surface area contributed by atoms with Crippen LogP contribution >= 0.6 is 11.8 Å². The maximum atomic E-state index is 12.8. The standard InChI is InChI=1S/C25H30N4OS/c1-18(2)15-22(20-11-7-4-8-12-20)26-23(30)17-31-25-28-27-24(21-13-14-21)29(25)16-19-9-5-3-6-10-19/h3-12,18,21-22H,13-17H2,1-2H3,(H,26,30). The van der Waals surface area contributed by atoms with E-state index in [-0.39, 0.29) is 11.9 Å². The second-order valence-electron chi connectivity index (χ2n) is 8.64. The van der Waals surface area contributed by atoms with Crippen LogP contribution in [0.4, 0.5) is 0 Å². The Balaban J connectivity index is 1.43. The van der Waals surface area contributed by atoms with Gasteiger partial charge >= 0.3 is 0 Å². The first-order valence-corrected chi connectivity index (χ1v) is 12.0. The van der Waals surface area contributed by atoms with Crippen LogP contribution in [0.2, 0.25) is 0 Å². The van der Waals surface area contributed by atoms with Crippen molar-refractivity contribution >= 4 is 17.7 Å². The molecule has 1 unspecified atom stereocenters. The van der Waals surface area contributed by atoms with Crippen molar-refractivity contribution in [2.75, 3.05) is 5.75 Å². The van der Waals surface area contributed by atoms with Crippen LogP contribution in [0, 0.1) is 5.92 Å². The number of rotatable bonds is 10. The molecule has 4 rings (SSSR count). The number of thioether (sulfide) groups is 1. The van der Waals surface area contributed by atoms with Crippen LogP contribution in [0.5, 0.6) is 0 Å². The van der Waals surface area contributed by atoms with Crippen LogP contribution in [0.3, 0.4) is 0 Å². The monoisotopic (exact) mass is 434 g/mol.